The van der Waals surface area contributed by atoms with E-state index in [0.717, 1.165) is 10.9 Å². The maximum absolute atomic E-state index is 12.1. The minimum Gasteiger partial charge on any atom is -0.358 e. The number of rotatable bonds is 4. The first kappa shape index (κ1) is 14.3. The summed E-state index contributed by atoms with van der Waals surface area (Å²) in [6.45, 7) is 0. The first-order chi connectivity index (χ1) is 9.52. The lowest BCUT2D eigenvalue weighted by molar-refractivity contribution is -0.391. The van der Waals surface area contributed by atoms with E-state index >= 15 is 0 Å². The number of amides is 1. The van der Waals surface area contributed by atoms with E-state index in [9.17, 15) is 14.9 Å². The molecule has 0 aliphatic rings. The van der Waals surface area contributed by atoms with Crippen molar-refractivity contribution < 1.29 is 9.72 Å². The molecule has 0 aliphatic carbocycles. The summed E-state index contributed by atoms with van der Waals surface area (Å²) in [6, 6.07) is 10.1. The van der Waals surface area contributed by atoms with E-state index in [1.54, 1.807) is 12.1 Å². The number of aromatic nitrogens is 1. The van der Waals surface area contributed by atoms with Crippen molar-refractivity contribution >= 4 is 33.3 Å². The summed E-state index contributed by atoms with van der Waals surface area (Å²) in [6.07, 6.45) is 0. The molecule has 0 bridgehead atoms. The second-order valence-electron chi connectivity index (χ2n) is 4.18. The molecule has 6 nitrogen and oxygen atoms in total. The molecule has 0 saturated heterocycles. The number of carbonyl (C=O) groups is 1. The second-order valence-corrected chi connectivity index (χ2v) is 4.74. The highest BCUT2D eigenvalue weighted by atomic mass is 79.9. The molecule has 1 amide bonds. The first-order valence-corrected chi connectivity index (χ1v) is 6.91. The van der Waals surface area contributed by atoms with Crippen LogP contribution in [0.15, 0.2) is 36.4 Å². The molecule has 0 radical (unpaired) electrons. The number of nitro groups is 1. The fourth-order valence-electron chi connectivity index (χ4n) is 1.78. The Morgan fingerprint density at radius 3 is 2.45 bits per heavy atom. The van der Waals surface area contributed by atoms with E-state index < -0.39 is 4.92 Å². The zero-order valence-electron chi connectivity index (χ0n) is 10.7. The molecule has 0 atom stereocenters. The standard InChI is InChI=1S/C13H12BrN3O3/c1-16-11(6-7-12(16)17(19)20)13(18)15-10-4-2-9(8-14)3-5-10/h2-7H,8H2,1H3,(H,15,18). The normalized spacial score (nSPS) is 10.3. The van der Waals surface area contributed by atoms with Gasteiger partial charge < -0.3 is 15.4 Å². The SMILES string of the molecule is Cn1c(C(=O)Nc2ccc(CBr)cc2)ccc1[N+](=O)[O-]. The Morgan fingerprint density at radius 1 is 1.30 bits per heavy atom. The maximum Gasteiger partial charge on any atom is 0.323 e. The van der Waals surface area contributed by atoms with E-state index in [1.807, 2.05) is 12.1 Å². The van der Waals surface area contributed by atoms with Crippen LogP contribution in [0, 0.1) is 10.1 Å². The van der Waals surface area contributed by atoms with Gasteiger partial charge in [0.05, 0.1) is 7.05 Å². The number of hydrogen-bond donors (Lipinski definition) is 1. The topological polar surface area (TPSA) is 77.2 Å². The van der Waals surface area contributed by atoms with Crippen LogP contribution in [0.25, 0.3) is 0 Å². The molecular weight excluding hydrogens is 326 g/mol. The third kappa shape index (κ3) is 2.88. The maximum atomic E-state index is 12.1. The summed E-state index contributed by atoms with van der Waals surface area (Å²) >= 11 is 3.34. The average Bonchev–Trinajstić information content (AvgIpc) is 2.81. The molecule has 1 N–H and O–H groups in total. The van der Waals surface area contributed by atoms with Gasteiger partial charge in [-0.1, -0.05) is 28.1 Å². The Kier molecular flexibility index (Phi) is 4.19. The molecule has 0 unspecified atom stereocenters. The summed E-state index contributed by atoms with van der Waals surface area (Å²) in [5.74, 6) is -0.503. The van der Waals surface area contributed by atoms with E-state index in [-0.39, 0.29) is 17.4 Å². The van der Waals surface area contributed by atoms with Crippen molar-refractivity contribution in [1.29, 1.82) is 0 Å². The quantitative estimate of drug-likeness (QED) is 0.529. The largest absolute Gasteiger partial charge is 0.358 e. The van der Waals surface area contributed by atoms with Crippen LogP contribution in [-0.4, -0.2) is 15.4 Å². The fraction of sp³-hybridized carbons (Fsp3) is 0.154. The third-order valence-corrected chi connectivity index (χ3v) is 3.53. The Balaban J connectivity index is 2.17. The lowest BCUT2D eigenvalue weighted by atomic mass is 10.2. The molecule has 1 heterocycles. The van der Waals surface area contributed by atoms with Gasteiger partial charge in [0.2, 0.25) is 0 Å². The Bertz CT molecular complexity index is 649. The van der Waals surface area contributed by atoms with E-state index in [4.69, 9.17) is 0 Å². The van der Waals surface area contributed by atoms with Crippen LogP contribution in [0.2, 0.25) is 0 Å². The third-order valence-electron chi connectivity index (χ3n) is 2.88. The van der Waals surface area contributed by atoms with Gasteiger partial charge in [0, 0.05) is 17.1 Å². The van der Waals surface area contributed by atoms with Crippen LogP contribution in [-0.2, 0) is 12.4 Å². The fourth-order valence-corrected chi connectivity index (χ4v) is 2.16. The summed E-state index contributed by atoms with van der Waals surface area (Å²) in [7, 11) is 1.49. The smallest absolute Gasteiger partial charge is 0.323 e. The second kappa shape index (κ2) is 5.87. The molecule has 0 spiro atoms. The van der Waals surface area contributed by atoms with Crippen molar-refractivity contribution in [3.63, 3.8) is 0 Å². The minimum atomic E-state index is -0.526. The summed E-state index contributed by atoms with van der Waals surface area (Å²) < 4.78 is 1.25. The number of benzene rings is 1. The van der Waals surface area contributed by atoms with E-state index in [0.29, 0.717) is 5.69 Å². The number of carbonyl (C=O) groups excluding carboxylic acids is 1. The highest BCUT2D eigenvalue weighted by Crippen LogP contribution is 2.17. The molecule has 7 heteroatoms. The molecule has 0 fully saturated rings. The zero-order valence-corrected chi connectivity index (χ0v) is 12.3. The van der Waals surface area contributed by atoms with Crippen molar-refractivity contribution in [1.82, 2.24) is 4.57 Å². The van der Waals surface area contributed by atoms with Gasteiger partial charge in [-0.3, -0.25) is 4.79 Å². The van der Waals surface area contributed by atoms with Crippen LogP contribution in [0.1, 0.15) is 16.1 Å². The Hall–Kier alpha value is -2.15. The number of nitrogens with one attached hydrogen (secondary N) is 1. The van der Waals surface area contributed by atoms with Crippen molar-refractivity contribution in [3.05, 3.63) is 57.8 Å². The number of alkyl halides is 1. The van der Waals surface area contributed by atoms with Crippen molar-refractivity contribution in [3.8, 4) is 0 Å². The summed E-state index contributed by atoms with van der Waals surface area (Å²) in [5.41, 5.74) is 1.97. The van der Waals surface area contributed by atoms with Gasteiger partial charge in [0.1, 0.15) is 0 Å². The number of nitrogens with zero attached hydrogens (tertiary/aromatic N) is 2. The zero-order chi connectivity index (χ0) is 14.7. The minimum absolute atomic E-state index is 0.121. The lowest BCUT2D eigenvalue weighted by Gasteiger charge is -2.05. The number of halogens is 1. The van der Waals surface area contributed by atoms with Gasteiger partial charge in [-0.25, -0.2) is 4.57 Å². The van der Waals surface area contributed by atoms with Crippen LogP contribution in [0.5, 0.6) is 0 Å². The van der Waals surface area contributed by atoms with Crippen molar-refractivity contribution in [2.75, 3.05) is 5.32 Å². The van der Waals surface area contributed by atoms with Gasteiger partial charge in [0.15, 0.2) is 5.69 Å². The molecule has 2 aromatic rings. The van der Waals surface area contributed by atoms with Crippen LogP contribution >= 0.6 is 15.9 Å². The predicted molar refractivity (Wildman–Crippen MR) is 79.1 cm³/mol. The molecule has 2 rings (SSSR count). The molecule has 0 aliphatic heterocycles. The molecule has 0 saturated carbocycles. The van der Waals surface area contributed by atoms with Crippen molar-refractivity contribution in [2.24, 2.45) is 7.05 Å². The van der Waals surface area contributed by atoms with Gasteiger partial charge >= 0.3 is 5.82 Å². The molecule has 20 heavy (non-hydrogen) atoms. The average molecular weight is 338 g/mol. The van der Waals surface area contributed by atoms with Crippen LogP contribution < -0.4 is 5.32 Å². The number of hydrogen-bond acceptors (Lipinski definition) is 3. The van der Waals surface area contributed by atoms with Crippen LogP contribution in [0.3, 0.4) is 0 Å². The molecular formula is C13H12BrN3O3. The van der Waals surface area contributed by atoms with Crippen LogP contribution in [0.4, 0.5) is 11.5 Å². The molecule has 1 aromatic heterocycles. The predicted octanol–water partition coefficient (Wildman–Crippen LogP) is 3.08. The lowest BCUT2D eigenvalue weighted by Crippen LogP contribution is -2.16. The van der Waals surface area contributed by atoms with Gasteiger partial charge in [0.25, 0.3) is 5.91 Å². The molecule has 104 valence electrons. The van der Waals surface area contributed by atoms with Gasteiger partial charge in [-0.05, 0) is 28.7 Å². The Labute approximate surface area is 123 Å². The Morgan fingerprint density at radius 2 is 1.95 bits per heavy atom. The monoisotopic (exact) mass is 337 g/mol. The van der Waals surface area contributed by atoms with E-state index in [2.05, 4.69) is 21.2 Å². The highest BCUT2D eigenvalue weighted by Gasteiger charge is 2.20. The van der Waals surface area contributed by atoms with Gasteiger partial charge in [-0.15, -0.1) is 0 Å². The van der Waals surface area contributed by atoms with Crippen molar-refractivity contribution in [2.45, 2.75) is 5.33 Å². The first-order valence-electron chi connectivity index (χ1n) is 5.79. The highest BCUT2D eigenvalue weighted by molar-refractivity contribution is 9.08. The number of anilines is 1. The summed E-state index contributed by atoms with van der Waals surface area (Å²) in [4.78, 5) is 22.3. The molecule has 1 aromatic carbocycles. The van der Waals surface area contributed by atoms with Gasteiger partial charge in [-0.2, -0.15) is 0 Å². The summed E-state index contributed by atoms with van der Waals surface area (Å²) in [5, 5.41) is 14.2. The van der Waals surface area contributed by atoms with E-state index in [1.165, 1.54) is 23.7 Å².